The topological polar surface area (TPSA) is 54.3 Å². The van der Waals surface area contributed by atoms with Gasteiger partial charge in [0, 0.05) is 38.4 Å². The molecule has 5 heteroatoms. The van der Waals surface area contributed by atoms with E-state index < -0.39 is 0 Å². The van der Waals surface area contributed by atoms with Crippen molar-refractivity contribution in [1.82, 2.24) is 14.8 Å². The SMILES string of the molecule is O=C1CN(C(=O)CCCn2cccc2)CCN1. The van der Waals surface area contributed by atoms with E-state index in [0.717, 1.165) is 13.0 Å². The highest BCUT2D eigenvalue weighted by molar-refractivity contribution is 5.85. The molecular weight excluding hydrogens is 218 g/mol. The molecule has 1 saturated heterocycles. The predicted molar refractivity (Wildman–Crippen MR) is 63.3 cm³/mol. The van der Waals surface area contributed by atoms with Gasteiger partial charge in [0.25, 0.3) is 0 Å². The van der Waals surface area contributed by atoms with Crippen LogP contribution in [0.2, 0.25) is 0 Å². The summed E-state index contributed by atoms with van der Waals surface area (Å²) < 4.78 is 2.05. The van der Waals surface area contributed by atoms with Gasteiger partial charge in [-0.15, -0.1) is 0 Å². The maximum absolute atomic E-state index is 11.8. The van der Waals surface area contributed by atoms with E-state index in [4.69, 9.17) is 0 Å². The van der Waals surface area contributed by atoms with Crippen molar-refractivity contribution >= 4 is 11.8 Å². The lowest BCUT2D eigenvalue weighted by molar-refractivity contribution is -0.138. The predicted octanol–water partition coefficient (Wildman–Crippen LogP) is 0.227. The van der Waals surface area contributed by atoms with Crippen LogP contribution in [-0.2, 0) is 16.1 Å². The van der Waals surface area contributed by atoms with E-state index in [9.17, 15) is 9.59 Å². The molecule has 2 rings (SSSR count). The quantitative estimate of drug-likeness (QED) is 0.812. The normalized spacial score (nSPS) is 15.8. The van der Waals surface area contributed by atoms with Crippen molar-refractivity contribution in [3.63, 3.8) is 0 Å². The first kappa shape index (κ1) is 11.7. The van der Waals surface area contributed by atoms with E-state index in [1.165, 1.54) is 0 Å². The lowest BCUT2D eigenvalue weighted by atomic mass is 10.2. The number of rotatable bonds is 4. The van der Waals surface area contributed by atoms with E-state index in [2.05, 4.69) is 9.88 Å². The molecule has 0 spiro atoms. The van der Waals surface area contributed by atoms with Crippen molar-refractivity contribution in [3.8, 4) is 0 Å². The monoisotopic (exact) mass is 235 g/mol. The molecule has 1 aromatic heterocycles. The van der Waals surface area contributed by atoms with Crippen molar-refractivity contribution in [2.45, 2.75) is 19.4 Å². The molecule has 92 valence electrons. The fraction of sp³-hybridized carbons (Fsp3) is 0.500. The van der Waals surface area contributed by atoms with E-state index >= 15 is 0 Å². The third kappa shape index (κ3) is 3.34. The molecule has 0 aliphatic carbocycles. The minimum atomic E-state index is -0.0602. The van der Waals surface area contributed by atoms with Crippen LogP contribution in [0.4, 0.5) is 0 Å². The van der Waals surface area contributed by atoms with Gasteiger partial charge in [-0.25, -0.2) is 0 Å². The fourth-order valence-corrected chi connectivity index (χ4v) is 1.94. The standard InChI is InChI=1S/C12H17N3O2/c16-11-10-15(9-5-13-11)12(17)4-3-8-14-6-1-2-7-14/h1-2,6-7H,3-5,8-10H2,(H,13,16). The Bertz CT molecular complexity index is 386. The average Bonchev–Trinajstić information content (AvgIpc) is 2.82. The summed E-state index contributed by atoms with van der Waals surface area (Å²) in [5.41, 5.74) is 0. The molecular formula is C12H17N3O2. The Balaban J connectivity index is 1.71. The largest absolute Gasteiger partial charge is 0.354 e. The number of carbonyl (C=O) groups is 2. The second-order valence-corrected chi connectivity index (χ2v) is 4.19. The highest BCUT2D eigenvalue weighted by Crippen LogP contribution is 2.02. The Kier molecular flexibility index (Phi) is 3.80. The second-order valence-electron chi connectivity index (χ2n) is 4.19. The third-order valence-corrected chi connectivity index (χ3v) is 2.86. The first-order valence-corrected chi connectivity index (χ1v) is 5.91. The smallest absolute Gasteiger partial charge is 0.239 e. The Morgan fingerprint density at radius 2 is 2.12 bits per heavy atom. The van der Waals surface area contributed by atoms with Crippen molar-refractivity contribution in [3.05, 3.63) is 24.5 Å². The summed E-state index contributed by atoms with van der Waals surface area (Å²) in [7, 11) is 0. The van der Waals surface area contributed by atoms with Gasteiger partial charge in [0.2, 0.25) is 11.8 Å². The number of carbonyl (C=O) groups excluding carboxylic acids is 2. The molecule has 0 atom stereocenters. The van der Waals surface area contributed by atoms with E-state index in [1.54, 1.807) is 4.90 Å². The second kappa shape index (κ2) is 5.52. The van der Waals surface area contributed by atoms with Gasteiger partial charge in [0.05, 0.1) is 6.54 Å². The van der Waals surface area contributed by atoms with Crippen LogP contribution < -0.4 is 5.32 Å². The molecule has 1 aromatic rings. The number of nitrogens with zero attached hydrogens (tertiary/aromatic N) is 2. The van der Waals surface area contributed by atoms with Gasteiger partial charge in [0.1, 0.15) is 0 Å². The molecule has 1 N–H and O–H groups in total. The van der Waals surface area contributed by atoms with Gasteiger partial charge < -0.3 is 14.8 Å². The van der Waals surface area contributed by atoms with E-state index in [1.807, 2.05) is 24.5 Å². The fourth-order valence-electron chi connectivity index (χ4n) is 1.94. The summed E-state index contributed by atoms with van der Waals surface area (Å²) >= 11 is 0. The van der Waals surface area contributed by atoms with Gasteiger partial charge in [-0.05, 0) is 18.6 Å². The number of aryl methyl sites for hydroxylation is 1. The molecule has 2 heterocycles. The minimum absolute atomic E-state index is 0.0602. The van der Waals surface area contributed by atoms with E-state index in [-0.39, 0.29) is 18.4 Å². The van der Waals surface area contributed by atoms with Crippen molar-refractivity contribution < 1.29 is 9.59 Å². The Hall–Kier alpha value is -1.78. The summed E-state index contributed by atoms with van der Waals surface area (Å²) in [5.74, 6) is 0.0158. The molecule has 0 bridgehead atoms. The number of piperazine rings is 1. The molecule has 5 nitrogen and oxygen atoms in total. The van der Waals surface area contributed by atoms with Crippen molar-refractivity contribution in [2.24, 2.45) is 0 Å². The van der Waals surface area contributed by atoms with Crippen LogP contribution in [0.15, 0.2) is 24.5 Å². The molecule has 2 amide bonds. The first-order valence-electron chi connectivity index (χ1n) is 5.91. The Labute approximate surface area is 100 Å². The van der Waals surface area contributed by atoms with Gasteiger partial charge in [-0.1, -0.05) is 0 Å². The zero-order chi connectivity index (χ0) is 12.1. The number of hydrogen-bond donors (Lipinski definition) is 1. The number of aromatic nitrogens is 1. The van der Waals surface area contributed by atoms with Crippen LogP contribution in [0.5, 0.6) is 0 Å². The molecule has 1 fully saturated rings. The van der Waals surface area contributed by atoms with Crippen LogP contribution in [-0.4, -0.2) is 40.9 Å². The minimum Gasteiger partial charge on any atom is -0.354 e. The summed E-state index contributed by atoms with van der Waals surface area (Å²) in [4.78, 5) is 24.6. The average molecular weight is 235 g/mol. The lowest BCUT2D eigenvalue weighted by Crippen LogP contribution is -2.49. The molecule has 0 unspecified atom stereocenters. The maximum Gasteiger partial charge on any atom is 0.239 e. The Morgan fingerprint density at radius 1 is 1.35 bits per heavy atom. The van der Waals surface area contributed by atoms with Crippen molar-refractivity contribution in [1.29, 1.82) is 0 Å². The number of amides is 2. The first-order chi connectivity index (χ1) is 8.25. The van der Waals surface area contributed by atoms with Gasteiger partial charge >= 0.3 is 0 Å². The molecule has 0 radical (unpaired) electrons. The van der Waals surface area contributed by atoms with Crippen molar-refractivity contribution in [2.75, 3.05) is 19.6 Å². The van der Waals surface area contributed by atoms with Gasteiger partial charge in [0.15, 0.2) is 0 Å². The van der Waals surface area contributed by atoms with Gasteiger partial charge in [-0.2, -0.15) is 0 Å². The summed E-state index contributed by atoms with van der Waals surface area (Å²) in [6, 6.07) is 3.94. The number of nitrogens with one attached hydrogen (secondary N) is 1. The third-order valence-electron chi connectivity index (χ3n) is 2.86. The van der Waals surface area contributed by atoms with E-state index in [0.29, 0.717) is 19.5 Å². The molecule has 17 heavy (non-hydrogen) atoms. The van der Waals surface area contributed by atoms with Crippen LogP contribution in [0, 0.1) is 0 Å². The molecule has 0 aromatic carbocycles. The maximum atomic E-state index is 11.8. The Morgan fingerprint density at radius 3 is 2.82 bits per heavy atom. The highest BCUT2D eigenvalue weighted by atomic mass is 16.2. The van der Waals surface area contributed by atoms with Crippen LogP contribution in [0.25, 0.3) is 0 Å². The lowest BCUT2D eigenvalue weighted by Gasteiger charge is -2.26. The van der Waals surface area contributed by atoms with Crippen LogP contribution in [0.1, 0.15) is 12.8 Å². The summed E-state index contributed by atoms with van der Waals surface area (Å²) in [6.07, 6.45) is 5.29. The number of hydrogen-bond acceptors (Lipinski definition) is 2. The summed E-state index contributed by atoms with van der Waals surface area (Å²) in [6.45, 7) is 2.26. The summed E-state index contributed by atoms with van der Waals surface area (Å²) in [5, 5.41) is 2.71. The zero-order valence-electron chi connectivity index (χ0n) is 9.76. The molecule has 1 aliphatic heterocycles. The van der Waals surface area contributed by atoms with Crippen LogP contribution >= 0.6 is 0 Å². The molecule has 1 aliphatic rings. The van der Waals surface area contributed by atoms with Gasteiger partial charge in [-0.3, -0.25) is 9.59 Å². The highest BCUT2D eigenvalue weighted by Gasteiger charge is 2.20. The molecule has 0 saturated carbocycles. The zero-order valence-corrected chi connectivity index (χ0v) is 9.76. The van der Waals surface area contributed by atoms with Crippen LogP contribution in [0.3, 0.4) is 0 Å².